The Bertz CT molecular complexity index is 392. The maximum atomic E-state index is 11.5. The maximum Gasteiger partial charge on any atom is 0.227 e. The molecule has 4 heteroatoms. The molecule has 0 aromatic heterocycles. The third-order valence-corrected chi connectivity index (χ3v) is 2.92. The Hall–Kier alpha value is -1.22. The fourth-order valence-corrected chi connectivity index (χ4v) is 2.08. The first-order valence-corrected chi connectivity index (χ1v) is 5.21. The smallest absolute Gasteiger partial charge is 0.227 e. The normalized spacial score (nSPS) is 20.1. The Kier molecular flexibility index (Phi) is 2.82. The fraction of sp³-hybridized carbons (Fsp3) is 0.364. The summed E-state index contributed by atoms with van der Waals surface area (Å²) in [4.78, 5) is 11.5. The first-order chi connectivity index (χ1) is 7.22. The van der Waals surface area contributed by atoms with Crippen LogP contribution in [-0.2, 0) is 4.79 Å². The van der Waals surface area contributed by atoms with Gasteiger partial charge in [-0.1, -0.05) is 17.7 Å². The van der Waals surface area contributed by atoms with E-state index in [2.05, 4.69) is 5.32 Å². The van der Waals surface area contributed by atoms with Crippen LogP contribution in [0.25, 0.3) is 0 Å². The highest BCUT2D eigenvalue weighted by Crippen LogP contribution is 2.30. The summed E-state index contributed by atoms with van der Waals surface area (Å²) in [6.07, 6.45) is 0.835. The zero-order chi connectivity index (χ0) is 10.8. The van der Waals surface area contributed by atoms with Crippen molar-refractivity contribution in [1.29, 1.82) is 0 Å². The molecule has 0 spiro atoms. The van der Waals surface area contributed by atoms with Gasteiger partial charge in [0.2, 0.25) is 5.91 Å². The summed E-state index contributed by atoms with van der Waals surface area (Å²) in [5.41, 5.74) is 0.954. The molecule has 1 aliphatic rings. The van der Waals surface area contributed by atoms with E-state index in [9.17, 15) is 4.79 Å². The Morgan fingerprint density at radius 2 is 2.33 bits per heavy atom. The van der Waals surface area contributed by atoms with Crippen LogP contribution in [0.2, 0.25) is 5.02 Å². The van der Waals surface area contributed by atoms with Gasteiger partial charge in [0.1, 0.15) is 5.75 Å². The molecule has 0 bridgehead atoms. The molecule has 2 rings (SSSR count). The third-order valence-electron chi connectivity index (χ3n) is 2.63. The summed E-state index contributed by atoms with van der Waals surface area (Å²) in [6.45, 7) is 0.743. The van der Waals surface area contributed by atoms with Crippen molar-refractivity contribution in [2.45, 2.75) is 12.3 Å². The number of hydrogen-bond donors (Lipinski definition) is 1. The van der Waals surface area contributed by atoms with E-state index >= 15 is 0 Å². The van der Waals surface area contributed by atoms with Gasteiger partial charge in [-0.15, -0.1) is 0 Å². The lowest BCUT2D eigenvalue weighted by Crippen LogP contribution is -2.17. The van der Waals surface area contributed by atoms with E-state index in [4.69, 9.17) is 16.3 Å². The summed E-state index contributed by atoms with van der Waals surface area (Å²) in [7, 11) is 1.57. The van der Waals surface area contributed by atoms with E-state index < -0.39 is 0 Å². The second kappa shape index (κ2) is 4.11. The number of nitrogens with one attached hydrogen (secondary N) is 1. The van der Waals surface area contributed by atoms with Crippen LogP contribution >= 0.6 is 11.6 Å². The highest BCUT2D eigenvalue weighted by atomic mass is 35.5. The molecule has 0 aliphatic carbocycles. The lowest BCUT2D eigenvalue weighted by Gasteiger charge is -2.09. The van der Waals surface area contributed by atoms with Crippen LogP contribution in [-0.4, -0.2) is 19.6 Å². The first kappa shape index (κ1) is 10.3. The van der Waals surface area contributed by atoms with E-state index in [1.807, 2.05) is 6.07 Å². The lowest BCUT2D eigenvalue weighted by atomic mass is 9.98. The number of ether oxygens (including phenoxy) is 1. The standard InChI is InChI=1S/C11H12ClNO2/c1-15-10-3-2-7(6-9(10)12)8-4-5-13-11(8)14/h2-3,6,8H,4-5H2,1H3,(H,13,14). The van der Waals surface area contributed by atoms with Gasteiger partial charge in [0.25, 0.3) is 0 Å². The van der Waals surface area contributed by atoms with Crippen molar-refractivity contribution >= 4 is 17.5 Å². The number of rotatable bonds is 2. The molecule has 0 saturated carbocycles. The Labute approximate surface area is 93.4 Å². The monoisotopic (exact) mass is 225 g/mol. The van der Waals surface area contributed by atoms with Crippen molar-refractivity contribution in [2.24, 2.45) is 0 Å². The number of halogens is 1. The summed E-state index contributed by atoms with van der Waals surface area (Å²) in [5.74, 6) is 0.656. The van der Waals surface area contributed by atoms with Crippen molar-refractivity contribution in [3.63, 3.8) is 0 Å². The van der Waals surface area contributed by atoms with Crippen LogP contribution in [0.1, 0.15) is 17.9 Å². The number of methoxy groups -OCH3 is 1. The van der Waals surface area contributed by atoms with E-state index in [-0.39, 0.29) is 11.8 Å². The highest BCUT2D eigenvalue weighted by Gasteiger charge is 2.26. The van der Waals surface area contributed by atoms with Crippen molar-refractivity contribution in [3.8, 4) is 5.75 Å². The zero-order valence-corrected chi connectivity index (χ0v) is 9.17. The molecule has 1 fully saturated rings. The van der Waals surface area contributed by atoms with Crippen LogP contribution in [0.3, 0.4) is 0 Å². The summed E-state index contributed by atoms with van der Waals surface area (Å²) >= 11 is 6.00. The first-order valence-electron chi connectivity index (χ1n) is 4.83. The summed E-state index contributed by atoms with van der Waals surface area (Å²) in [5, 5.41) is 3.35. The second-order valence-corrected chi connectivity index (χ2v) is 3.93. The molecular weight excluding hydrogens is 214 g/mol. The molecular formula is C11H12ClNO2. The predicted octanol–water partition coefficient (Wildman–Crippen LogP) is 1.95. The zero-order valence-electron chi connectivity index (χ0n) is 8.42. The molecule has 15 heavy (non-hydrogen) atoms. The van der Waals surface area contributed by atoms with Gasteiger partial charge in [-0.05, 0) is 24.1 Å². The second-order valence-electron chi connectivity index (χ2n) is 3.53. The SMILES string of the molecule is COc1ccc(C2CCNC2=O)cc1Cl. The predicted molar refractivity (Wildman–Crippen MR) is 58.4 cm³/mol. The molecule has 3 nitrogen and oxygen atoms in total. The van der Waals surface area contributed by atoms with Crippen LogP contribution in [0, 0.1) is 0 Å². The quantitative estimate of drug-likeness (QED) is 0.836. The molecule has 1 heterocycles. The van der Waals surface area contributed by atoms with Crippen LogP contribution in [0.4, 0.5) is 0 Å². The van der Waals surface area contributed by atoms with Crippen LogP contribution < -0.4 is 10.1 Å². The minimum absolute atomic E-state index is 0.0617. The molecule has 1 amide bonds. The molecule has 1 aromatic carbocycles. The van der Waals surface area contributed by atoms with Crippen molar-refractivity contribution in [2.75, 3.05) is 13.7 Å². The summed E-state index contributed by atoms with van der Waals surface area (Å²) in [6, 6.07) is 5.49. The molecule has 80 valence electrons. The topological polar surface area (TPSA) is 38.3 Å². The average molecular weight is 226 g/mol. The van der Waals surface area contributed by atoms with E-state index in [1.165, 1.54) is 0 Å². The number of hydrogen-bond acceptors (Lipinski definition) is 2. The Morgan fingerprint density at radius 1 is 1.53 bits per heavy atom. The number of carbonyl (C=O) groups excluding carboxylic acids is 1. The van der Waals surface area contributed by atoms with Crippen molar-refractivity contribution in [3.05, 3.63) is 28.8 Å². The molecule has 1 saturated heterocycles. The minimum Gasteiger partial charge on any atom is -0.495 e. The fourth-order valence-electron chi connectivity index (χ4n) is 1.81. The van der Waals surface area contributed by atoms with Crippen LogP contribution in [0.15, 0.2) is 18.2 Å². The third kappa shape index (κ3) is 1.92. The van der Waals surface area contributed by atoms with Gasteiger partial charge in [0, 0.05) is 6.54 Å². The maximum absolute atomic E-state index is 11.5. The lowest BCUT2D eigenvalue weighted by molar-refractivity contribution is -0.120. The van der Waals surface area contributed by atoms with Gasteiger partial charge in [0.05, 0.1) is 18.1 Å². The molecule has 1 atom stereocenters. The molecule has 1 unspecified atom stereocenters. The molecule has 1 aromatic rings. The average Bonchev–Trinajstić information content (AvgIpc) is 2.64. The molecule has 1 aliphatic heterocycles. The Balaban J connectivity index is 2.29. The minimum atomic E-state index is -0.0617. The Morgan fingerprint density at radius 3 is 2.87 bits per heavy atom. The molecule has 1 N–H and O–H groups in total. The van der Waals surface area contributed by atoms with Gasteiger partial charge in [-0.25, -0.2) is 0 Å². The van der Waals surface area contributed by atoms with Crippen LogP contribution in [0.5, 0.6) is 5.75 Å². The number of benzene rings is 1. The van der Waals surface area contributed by atoms with Crippen molar-refractivity contribution < 1.29 is 9.53 Å². The summed E-state index contributed by atoms with van der Waals surface area (Å²) < 4.78 is 5.06. The van der Waals surface area contributed by atoms with E-state index in [0.29, 0.717) is 10.8 Å². The molecule has 0 radical (unpaired) electrons. The van der Waals surface area contributed by atoms with Gasteiger partial charge in [-0.2, -0.15) is 0 Å². The van der Waals surface area contributed by atoms with Gasteiger partial charge < -0.3 is 10.1 Å². The van der Waals surface area contributed by atoms with Gasteiger partial charge in [0.15, 0.2) is 0 Å². The van der Waals surface area contributed by atoms with Gasteiger partial charge in [-0.3, -0.25) is 4.79 Å². The van der Waals surface area contributed by atoms with Gasteiger partial charge >= 0.3 is 0 Å². The van der Waals surface area contributed by atoms with E-state index in [0.717, 1.165) is 18.5 Å². The van der Waals surface area contributed by atoms with Crippen molar-refractivity contribution in [1.82, 2.24) is 5.32 Å². The van der Waals surface area contributed by atoms with E-state index in [1.54, 1.807) is 19.2 Å². The number of carbonyl (C=O) groups is 1. The number of amides is 1. The highest BCUT2D eigenvalue weighted by molar-refractivity contribution is 6.32. The largest absolute Gasteiger partial charge is 0.495 e.